The number of carbonyl (C=O) groups is 1. The van der Waals surface area contributed by atoms with Gasteiger partial charge in [-0.3, -0.25) is 4.79 Å². The van der Waals surface area contributed by atoms with Crippen molar-refractivity contribution in [2.24, 2.45) is 0 Å². The maximum absolute atomic E-state index is 13.2. The van der Waals surface area contributed by atoms with Crippen molar-refractivity contribution in [3.8, 4) is 11.5 Å². The Balaban J connectivity index is 1.95. The Morgan fingerprint density at radius 1 is 1.00 bits per heavy atom. The second-order valence-electron chi connectivity index (χ2n) is 8.34. The molecule has 7 nitrogen and oxygen atoms in total. The fraction of sp³-hybridized carbons (Fsp3) is 0.458. The molecule has 174 valence electrons. The van der Waals surface area contributed by atoms with Crippen LogP contribution in [0.5, 0.6) is 11.5 Å². The number of nitrogens with zero attached hydrogens (tertiary/aromatic N) is 1. The Bertz CT molecular complexity index is 1090. The number of methoxy groups -OCH3 is 2. The number of ether oxygens (including phenoxy) is 2. The van der Waals surface area contributed by atoms with E-state index in [2.05, 4.69) is 5.32 Å². The van der Waals surface area contributed by atoms with E-state index in [4.69, 9.17) is 9.47 Å². The lowest BCUT2D eigenvalue weighted by Crippen LogP contribution is -2.35. The van der Waals surface area contributed by atoms with Crippen LogP contribution in [0, 0.1) is 6.92 Å². The summed E-state index contributed by atoms with van der Waals surface area (Å²) in [5.41, 5.74) is 2.51. The van der Waals surface area contributed by atoms with Crippen LogP contribution in [0.1, 0.15) is 60.5 Å². The fourth-order valence-electron chi connectivity index (χ4n) is 3.96. The highest BCUT2D eigenvalue weighted by Crippen LogP contribution is 2.33. The van der Waals surface area contributed by atoms with E-state index in [1.165, 1.54) is 23.5 Å². The number of rotatable bonds is 7. The monoisotopic (exact) mass is 460 g/mol. The molecule has 0 aromatic heterocycles. The molecule has 0 aliphatic carbocycles. The third-order valence-electron chi connectivity index (χ3n) is 5.82. The van der Waals surface area contributed by atoms with Gasteiger partial charge in [0.1, 0.15) is 11.5 Å². The number of anilines is 1. The molecule has 1 aliphatic rings. The van der Waals surface area contributed by atoms with E-state index in [1.54, 1.807) is 13.2 Å². The number of hydrogen-bond acceptors (Lipinski definition) is 5. The Morgan fingerprint density at radius 2 is 1.66 bits per heavy atom. The van der Waals surface area contributed by atoms with E-state index in [1.807, 2.05) is 32.9 Å². The van der Waals surface area contributed by atoms with Gasteiger partial charge in [-0.1, -0.05) is 20.3 Å². The van der Waals surface area contributed by atoms with Gasteiger partial charge >= 0.3 is 0 Å². The van der Waals surface area contributed by atoms with Gasteiger partial charge in [0.05, 0.1) is 24.8 Å². The minimum atomic E-state index is -3.64. The van der Waals surface area contributed by atoms with Gasteiger partial charge in [-0.15, -0.1) is 0 Å². The van der Waals surface area contributed by atoms with Crippen LogP contribution < -0.4 is 14.8 Å². The zero-order chi connectivity index (χ0) is 23.5. The molecular formula is C24H32N2O5S. The summed E-state index contributed by atoms with van der Waals surface area (Å²) in [6.45, 7) is 6.94. The summed E-state index contributed by atoms with van der Waals surface area (Å²) < 4.78 is 38.5. The second-order valence-corrected chi connectivity index (χ2v) is 10.3. The highest BCUT2D eigenvalue weighted by atomic mass is 32.2. The minimum Gasteiger partial charge on any atom is -0.496 e. The van der Waals surface area contributed by atoms with E-state index in [0.717, 1.165) is 36.1 Å². The van der Waals surface area contributed by atoms with Gasteiger partial charge < -0.3 is 14.8 Å². The lowest BCUT2D eigenvalue weighted by molar-refractivity contribution is 0.102. The molecular weight excluding hydrogens is 428 g/mol. The van der Waals surface area contributed by atoms with Crippen molar-refractivity contribution in [2.45, 2.75) is 50.8 Å². The van der Waals surface area contributed by atoms with Crippen LogP contribution in [0.15, 0.2) is 35.2 Å². The van der Waals surface area contributed by atoms with Crippen molar-refractivity contribution in [3.63, 3.8) is 0 Å². The van der Waals surface area contributed by atoms with Crippen LogP contribution in [-0.2, 0) is 10.0 Å². The van der Waals surface area contributed by atoms with Crippen molar-refractivity contribution in [1.29, 1.82) is 0 Å². The first kappa shape index (κ1) is 24.1. The Kier molecular flexibility index (Phi) is 7.46. The lowest BCUT2D eigenvalue weighted by atomic mass is 9.96. The standard InChI is InChI=1S/C24H32N2O5S/c1-16(2)19-15-20(17(3)13-23(19)31-5)24(27)25-21-14-18(9-10-22(21)30-4)32(28,29)26-11-7-6-8-12-26/h9-10,13-16H,6-8,11-12H2,1-5H3,(H,25,27). The summed E-state index contributed by atoms with van der Waals surface area (Å²) in [5, 5.41) is 2.85. The minimum absolute atomic E-state index is 0.143. The predicted octanol–water partition coefficient (Wildman–Crippen LogP) is 4.56. The average molecular weight is 461 g/mol. The molecule has 0 spiro atoms. The molecule has 1 heterocycles. The van der Waals surface area contributed by atoms with Gasteiger partial charge in [0, 0.05) is 18.7 Å². The third kappa shape index (κ3) is 4.91. The summed E-state index contributed by atoms with van der Waals surface area (Å²) in [6.07, 6.45) is 2.75. The van der Waals surface area contributed by atoms with E-state index in [-0.39, 0.29) is 16.7 Å². The molecule has 0 atom stereocenters. The van der Waals surface area contributed by atoms with Crippen LogP contribution in [-0.4, -0.2) is 45.9 Å². The van der Waals surface area contributed by atoms with E-state index in [9.17, 15) is 13.2 Å². The highest BCUT2D eigenvalue weighted by molar-refractivity contribution is 7.89. The molecule has 8 heteroatoms. The number of hydrogen-bond donors (Lipinski definition) is 1. The van der Waals surface area contributed by atoms with Crippen LogP contribution >= 0.6 is 0 Å². The Hall–Kier alpha value is -2.58. The van der Waals surface area contributed by atoms with E-state index >= 15 is 0 Å². The van der Waals surface area contributed by atoms with Crippen molar-refractivity contribution < 1.29 is 22.7 Å². The molecule has 0 saturated carbocycles. The van der Waals surface area contributed by atoms with Crippen molar-refractivity contribution in [2.75, 3.05) is 32.6 Å². The maximum Gasteiger partial charge on any atom is 0.256 e. The number of sulfonamides is 1. The number of amides is 1. The predicted molar refractivity (Wildman–Crippen MR) is 125 cm³/mol. The van der Waals surface area contributed by atoms with E-state index < -0.39 is 10.0 Å². The molecule has 1 saturated heterocycles. The summed E-state index contributed by atoms with van der Waals surface area (Å²) in [6, 6.07) is 8.25. The average Bonchev–Trinajstić information content (AvgIpc) is 2.78. The normalized spacial score (nSPS) is 14.9. The first-order chi connectivity index (χ1) is 15.2. The maximum atomic E-state index is 13.2. The fourth-order valence-corrected chi connectivity index (χ4v) is 5.50. The van der Waals surface area contributed by atoms with E-state index in [0.29, 0.717) is 30.1 Å². The van der Waals surface area contributed by atoms with Gasteiger partial charge in [0.25, 0.3) is 5.91 Å². The van der Waals surface area contributed by atoms with Gasteiger partial charge in [0.15, 0.2) is 0 Å². The molecule has 32 heavy (non-hydrogen) atoms. The second kappa shape index (κ2) is 9.92. The molecule has 0 unspecified atom stereocenters. The number of carbonyl (C=O) groups excluding carboxylic acids is 1. The smallest absolute Gasteiger partial charge is 0.256 e. The largest absolute Gasteiger partial charge is 0.496 e. The summed E-state index contributed by atoms with van der Waals surface area (Å²) >= 11 is 0. The van der Waals surface area contributed by atoms with Crippen molar-refractivity contribution in [3.05, 3.63) is 47.0 Å². The zero-order valence-electron chi connectivity index (χ0n) is 19.4. The Labute approximate surface area is 190 Å². The van der Waals surface area contributed by atoms with Gasteiger partial charge in [-0.05, 0) is 67.1 Å². The first-order valence-electron chi connectivity index (χ1n) is 10.9. The molecule has 2 aromatic rings. The van der Waals surface area contributed by atoms with Crippen LogP contribution in [0.2, 0.25) is 0 Å². The summed E-state index contributed by atoms with van der Waals surface area (Å²) in [4.78, 5) is 13.3. The quantitative estimate of drug-likeness (QED) is 0.655. The topological polar surface area (TPSA) is 84.9 Å². The van der Waals surface area contributed by atoms with Crippen molar-refractivity contribution >= 4 is 21.6 Å². The van der Waals surface area contributed by atoms with Gasteiger partial charge in [-0.25, -0.2) is 8.42 Å². The lowest BCUT2D eigenvalue weighted by Gasteiger charge is -2.26. The molecule has 1 aliphatic heterocycles. The SMILES string of the molecule is COc1ccc(S(=O)(=O)N2CCCCC2)cc1NC(=O)c1cc(C(C)C)c(OC)cc1C. The number of benzene rings is 2. The van der Waals surface area contributed by atoms with Crippen LogP contribution in [0.3, 0.4) is 0 Å². The highest BCUT2D eigenvalue weighted by Gasteiger charge is 2.27. The van der Waals surface area contributed by atoms with Crippen LogP contribution in [0.4, 0.5) is 5.69 Å². The van der Waals surface area contributed by atoms with Crippen molar-refractivity contribution in [1.82, 2.24) is 4.31 Å². The number of nitrogens with one attached hydrogen (secondary N) is 1. The Morgan fingerprint density at radius 3 is 2.25 bits per heavy atom. The van der Waals surface area contributed by atoms with Gasteiger partial charge in [-0.2, -0.15) is 4.31 Å². The van der Waals surface area contributed by atoms with Gasteiger partial charge in [0.2, 0.25) is 10.0 Å². The molecule has 1 N–H and O–H groups in total. The number of piperidine rings is 1. The molecule has 1 amide bonds. The zero-order valence-corrected chi connectivity index (χ0v) is 20.2. The summed E-state index contributed by atoms with van der Waals surface area (Å²) in [7, 11) is -0.539. The molecule has 3 rings (SSSR count). The number of aryl methyl sites for hydroxylation is 1. The summed E-state index contributed by atoms with van der Waals surface area (Å²) in [5.74, 6) is 0.968. The third-order valence-corrected chi connectivity index (χ3v) is 7.71. The first-order valence-corrected chi connectivity index (χ1v) is 12.3. The molecule has 2 aromatic carbocycles. The molecule has 0 bridgehead atoms. The molecule has 0 radical (unpaired) electrons. The van der Waals surface area contributed by atoms with Crippen LogP contribution in [0.25, 0.3) is 0 Å². The molecule has 1 fully saturated rings.